The second-order valence-corrected chi connectivity index (χ2v) is 9.75. The van der Waals surface area contributed by atoms with Crippen LogP contribution >= 0.6 is 23.2 Å². The summed E-state index contributed by atoms with van der Waals surface area (Å²) >= 11 is 11.7. The van der Waals surface area contributed by atoms with Crippen molar-refractivity contribution in [2.75, 3.05) is 20.1 Å². The molecule has 1 aliphatic heterocycles. The SMILES string of the molecule is CN1CC[C@@H](Oc2cc(-c3c(C(F)(F)F)cc(Cl)c(S(N)(=O)=O)c3Cl)ccc2C(F)(F)F)C1. The molecular formula is C19H16Cl2F6N2O3S. The lowest BCUT2D eigenvalue weighted by atomic mass is 9.97. The van der Waals surface area contributed by atoms with Crippen LogP contribution in [0.3, 0.4) is 0 Å². The topological polar surface area (TPSA) is 72.6 Å². The van der Waals surface area contributed by atoms with E-state index in [9.17, 15) is 34.8 Å². The van der Waals surface area contributed by atoms with Gasteiger partial charge >= 0.3 is 12.4 Å². The van der Waals surface area contributed by atoms with Gasteiger partial charge in [-0.05, 0) is 37.2 Å². The van der Waals surface area contributed by atoms with Gasteiger partial charge in [0.15, 0.2) is 0 Å². The minimum Gasteiger partial charge on any atom is -0.488 e. The van der Waals surface area contributed by atoms with Gasteiger partial charge in [0, 0.05) is 18.7 Å². The highest BCUT2D eigenvalue weighted by Gasteiger charge is 2.40. The Labute approximate surface area is 195 Å². The lowest BCUT2D eigenvalue weighted by Gasteiger charge is -2.21. The summed E-state index contributed by atoms with van der Waals surface area (Å²) in [6.45, 7) is 0.872. The number of benzene rings is 2. The molecular weight excluding hydrogens is 521 g/mol. The predicted octanol–water partition coefficient (Wildman–Crippen LogP) is 5.43. The molecule has 2 N–H and O–H groups in total. The second-order valence-electron chi connectivity index (χ2n) is 7.47. The molecule has 0 saturated carbocycles. The normalized spacial score (nSPS) is 18.1. The van der Waals surface area contributed by atoms with E-state index in [0.29, 0.717) is 31.6 Å². The number of likely N-dealkylation sites (tertiary alicyclic amines) is 1. The van der Waals surface area contributed by atoms with Crippen LogP contribution in [0.15, 0.2) is 29.2 Å². The van der Waals surface area contributed by atoms with Gasteiger partial charge in [0.1, 0.15) is 16.7 Å². The number of ether oxygens (including phenoxy) is 1. The van der Waals surface area contributed by atoms with E-state index in [-0.39, 0.29) is 0 Å². The number of halogens is 8. The Bertz CT molecular complexity index is 1190. The fraction of sp³-hybridized carbons (Fsp3) is 0.368. The molecule has 1 fully saturated rings. The summed E-state index contributed by atoms with van der Waals surface area (Å²) in [5.74, 6) is -0.711. The lowest BCUT2D eigenvalue weighted by molar-refractivity contribution is -0.139. The van der Waals surface area contributed by atoms with Gasteiger partial charge in [0.05, 0.1) is 21.2 Å². The number of alkyl halides is 6. The minimum absolute atomic E-state index is 0.312. The van der Waals surface area contributed by atoms with Crippen molar-refractivity contribution >= 4 is 33.2 Å². The molecule has 3 rings (SSSR count). The largest absolute Gasteiger partial charge is 0.488 e. The number of hydrogen-bond donors (Lipinski definition) is 1. The maximum absolute atomic E-state index is 13.7. The Morgan fingerprint density at radius 2 is 1.67 bits per heavy atom. The highest BCUT2D eigenvalue weighted by Crippen LogP contribution is 2.48. The summed E-state index contributed by atoms with van der Waals surface area (Å²) in [5.41, 5.74) is -4.00. The van der Waals surface area contributed by atoms with Crippen LogP contribution in [0.25, 0.3) is 11.1 Å². The molecule has 0 aromatic heterocycles. The first kappa shape index (κ1) is 25.9. The third-order valence-electron chi connectivity index (χ3n) is 4.98. The number of primary sulfonamides is 1. The van der Waals surface area contributed by atoms with Gasteiger partial charge in [0.2, 0.25) is 10.0 Å². The van der Waals surface area contributed by atoms with Crippen LogP contribution in [0.5, 0.6) is 5.75 Å². The molecule has 1 aliphatic rings. The monoisotopic (exact) mass is 536 g/mol. The number of nitrogens with two attached hydrogens (primary N) is 1. The zero-order valence-electron chi connectivity index (χ0n) is 16.7. The number of hydrogen-bond acceptors (Lipinski definition) is 4. The molecule has 5 nitrogen and oxygen atoms in total. The second kappa shape index (κ2) is 8.81. The molecule has 2 aromatic rings. The average molecular weight is 537 g/mol. The standard InChI is InChI=1S/C19H16Cl2F6N2O3S/c1-29-5-4-10(8-29)32-14-6-9(2-3-11(14)18(22,23)24)15-12(19(25,26)27)7-13(20)17(16(15)21)33(28,30)31/h2-3,6-7,10H,4-5,8H2,1H3,(H2,28,30,31)/t10-/m1/s1. The van der Waals surface area contributed by atoms with Gasteiger partial charge in [-0.1, -0.05) is 29.3 Å². The third-order valence-corrected chi connectivity index (χ3v) is 6.88. The molecule has 0 unspecified atom stereocenters. The van der Waals surface area contributed by atoms with E-state index in [0.717, 1.165) is 12.1 Å². The highest BCUT2D eigenvalue weighted by atomic mass is 35.5. The quantitative estimate of drug-likeness (QED) is 0.529. The summed E-state index contributed by atoms with van der Waals surface area (Å²) in [4.78, 5) is 0.839. The molecule has 0 bridgehead atoms. The molecule has 1 saturated heterocycles. The van der Waals surface area contributed by atoms with Crippen LogP contribution in [0, 0.1) is 0 Å². The summed E-state index contributed by atoms with van der Waals surface area (Å²) < 4.78 is 111. The molecule has 0 aliphatic carbocycles. The molecule has 1 heterocycles. The van der Waals surface area contributed by atoms with Crippen molar-refractivity contribution in [3.8, 4) is 16.9 Å². The zero-order valence-corrected chi connectivity index (χ0v) is 19.0. The van der Waals surface area contributed by atoms with Gasteiger partial charge in [-0.2, -0.15) is 26.3 Å². The van der Waals surface area contributed by atoms with Crippen LogP contribution in [0.2, 0.25) is 10.0 Å². The zero-order chi connectivity index (χ0) is 24.9. The number of likely N-dealkylation sites (N-methyl/N-ethyl adjacent to an activating group) is 1. The van der Waals surface area contributed by atoms with E-state index in [1.54, 1.807) is 7.05 Å². The predicted molar refractivity (Wildman–Crippen MR) is 110 cm³/mol. The van der Waals surface area contributed by atoms with Crippen LogP contribution < -0.4 is 9.88 Å². The molecule has 1 atom stereocenters. The molecule has 0 radical (unpaired) electrons. The first-order valence-corrected chi connectivity index (χ1v) is 11.5. The van der Waals surface area contributed by atoms with Crippen molar-refractivity contribution < 1.29 is 39.5 Å². The van der Waals surface area contributed by atoms with Crippen LogP contribution in [-0.2, 0) is 22.4 Å². The summed E-state index contributed by atoms with van der Waals surface area (Å²) in [7, 11) is -2.93. The third kappa shape index (κ3) is 5.51. The van der Waals surface area contributed by atoms with Crippen molar-refractivity contribution in [1.82, 2.24) is 4.90 Å². The van der Waals surface area contributed by atoms with Gasteiger partial charge in [0.25, 0.3) is 0 Å². The molecule has 2 aromatic carbocycles. The summed E-state index contributed by atoms with van der Waals surface area (Å²) in [6.07, 6.45) is -10.2. The van der Waals surface area contributed by atoms with E-state index < -0.39 is 71.4 Å². The summed E-state index contributed by atoms with van der Waals surface area (Å²) in [5, 5.41) is 3.19. The van der Waals surface area contributed by atoms with E-state index in [1.165, 1.54) is 0 Å². The Morgan fingerprint density at radius 1 is 1.06 bits per heavy atom. The van der Waals surface area contributed by atoms with Crippen molar-refractivity contribution in [3.63, 3.8) is 0 Å². The van der Waals surface area contributed by atoms with Gasteiger partial charge in [-0.25, -0.2) is 13.6 Å². The first-order chi connectivity index (χ1) is 15.0. The van der Waals surface area contributed by atoms with E-state index in [4.69, 9.17) is 33.1 Å². The Morgan fingerprint density at radius 3 is 2.15 bits per heavy atom. The number of nitrogens with zero attached hydrogens (tertiary/aromatic N) is 1. The van der Waals surface area contributed by atoms with Crippen molar-refractivity contribution in [1.29, 1.82) is 0 Å². The van der Waals surface area contributed by atoms with E-state index in [2.05, 4.69) is 0 Å². The lowest BCUT2D eigenvalue weighted by Crippen LogP contribution is -2.23. The molecule has 182 valence electrons. The average Bonchev–Trinajstić information content (AvgIpc) is 3.03. The molecule has 33 heavy (non-hydrogen) atoms. The smallest absolute Gasteiger partial charge is 0.419 e. The van der Waals surface area contributed by atoms with E-state index >= 15 is 0 Å². The number of sulfonamides is 1. The Kier molecular flexibility index (Phi) is 6.91. The van der Waals surface area contributed by atoms with E-state index in [1.807, 2.05) is 4.90 Å². The van der Waals surface area contributed by atoms with Crippen LogP contribution in [0.1, 0.15) is 17.5 Å². The van der Waals surface area contributed by atoms with Crippen molar-refractivity contribution in [2.45, 2.75) is 29.8 Å². The van der Waals surface area contributed by atoms with Crippen molar-refractivity contribution in [2.24, 2.45) is 5.14 Å². The molecule has 0 spiro atoms. The fourth-order valence-corrected chi connectivity index (χ4v) is 5.44. The Hall–Kier alpha value is -1.73. The Balaban J connectivity index is 2.28. The number of rotatable bonds is 4. The fourth-order valence-electron chi connectivity index (χ4n) is 3.55. The maximum atomic E-state index is 13.7. The summed E-state index contributed by atoms with van der Waals surface area (Å²) in [6, 6.07) is 2.35. The maximum Gasteiger partial charge on any atom is 0.419 e. The first-order valence-electron chi connectivity index (χ1n) is 9.19. The van der Waals surface area contributed by atoms with Gasteiger partial charge < -0.3 is 9.64 Å². The molecule has 0 amide bonds. The van der Waals surface area contributed by atoms with Crippen LogP contribution in [0.4, 0.5) is 26.3 Å². The van der Waals surface area contributed by atoms with Crippen LogP contribution in [-0.4, -0.2) is 39.6 Å². The molecule has 14 heteroatoms. The van der Waals surface area contributed by atoms with Gasteiger partial charge in [-0.15, -0.1) is 0 Å². The minimum atomic E-state index is -5.07. The van der Waals surface area contributed by atoms with Gasteiger partial charge in [-0.3, -0.25) is 0 Å². The van der Waals surface area contributed by atoms with Crippen molar-refractivity contribution in [3.05, 3.63) is 45.4 Å². The highest BCUT2D eigenvalue weighted by molar-refractivity contribution is 7.89.